The lowest BCUT2D eigenvalue weighted by Crippen LogP contribution is -2.43. The van der Waals surface area contributed by atoms with E-state index in [0.717, 1.165) is 42.6 Å². The fraction of sp³-hybridized carbons (Fsp3) is 0.381. The van der Waals surface area contributed by atoms with Crippen molar-refractivity contribution < 1.29 is 9.18 Å². The lowest BCUT2D eigenvalue weighted by atomic mass is 9.78. The molecule has 0 radical (unpaired) electrons. The first-order valence-corrected chi connectivity index (χ1v) is 10.0. The molecule has 1 N–H and O–H groups in total. The van der Waals surface area contributed by atoms with Crippen molar-refractivity contribution in [2.75, 3.05) is 12.3 Å². The van der Waals surface area contributed by atoms with Gasteiger partial charge in [0.25, 0.3) is 0 Å². The molecule has 3 rings (SSSR count). The molecule has 2 aromatic carbocycles. The highest BCUT2D eigenvalue weighted by atomic mass is 32.2. The Hall–Kier alpha value is -1.81. The van der Waals surface area contributed by atoms with Gasteiger partial charge in [-0.2, -0.15) is 11.8 Å². The molecule has 1 aliphatic carbocycles. The van der Waals surface area contributed by atoms with Gasteiger partial charge in [0.05, 0.1) is 5.41 Å². The van der Waals surface area contributed by atoms with Crippen LogP contribution >= 0.6 is 11.8 Å². The molecule has 0 bridgehead atoms. The first-order valence-electron chi connectivity index (χ1n) is 8.87. The molecule has 1 fully saturated rings. The first kappa shape index (κ1) is 18.0. The maximum atomic E-state index is 13.6. The number of carbonyl (C=O) groups is 1. The Bertz CT molecular complexity index is 698. The third kappa shape index (κ3) is 4.24. The molecule has 1 saturated carbocycles. The molecule has 0 unspecified atom stereocenters. The van der Waals surface area contributed by atoms with Crippen LogP contribution in [0, 0.1) is 5.82 Å². The molecule has 0 aliphatic heterocycles. The Morgan fingerprint density at radius 1 is 1.04 bits per heavy atom. The summed E-state index contributed by atoms with van der Waals surface area (Å²) in [7, 11) is 0. The predicted octanol–water partition coefficient (Wildman–Crippen LogP) is 4.69. The molecular formula is C21H24FNOS. The summed E-state index contributed by atoms with van der Waals surface area (Å²) in [5, 5.41) is 3.11. The van der Waals surface area contributed by atoms with Gasteiger partial charge >= 0.3 is 0 Å². The van der Waals surface area contributed by atoms with Crippen LogP contribution in [0.2, 0.25) is 0 Å². The van der Waals surface area contributed by atoms with Crippen LogP contribution in [0.3, 0.4) is 0 Å². The summed E-state index contributed by atoms with van der Waals surface area (Å²) in [6.45, 7) is 0.618. The van der Waals surface area contributed by atoms with Gasteiger partial charge in [0.15, 0.2) is 0 Å². The zero-order valence-electron chi connectivity index (χ0n) is 14.3. The minimum atomic E-state index is -0.364. The Morgan fingerprint density at radius 3 is 2.44 bits per heavy atom. The summed E-state index contributed by atoms with van der Waals surface area (Å²) in [4.78, 5) is 12.9. The van der Waals surface area contributed by atoms with E-state index in [4.69, 9.17) is 0 Å². The van der Waals surface area contributed by atoms with E-state index < -0.39 is 0 Å². The summed E-state index contributed by atoms with van der Waals surface area (Å²) in [6.07, 6.45) is 4.05. The van der Waals surface area contributed by atoms with Crippen molar-refractivity contribution in [1.29, 1.82) is 0 Å². The maximum Gasteiger partial charge on any atom is 0.230 e. The number of amides is 1. The smallest absolute Gasteiger partial charge is 0.230 e. The van der Waals surface area contributed by atoms with Crippen molar-refractivity contribution in [3.63, 3.8) is 0 Å². The fourth-order valence-corrected chi connectivity index (χ4v) is 4.43. The highest BCUT2D eigenvalue weighted by Gasteiger charge is 2.42. The molecule has 0 heterocycles. The number of nitrogens with one attached hydrogen (secondary N) is 1. The van der Waals surface area contributed by atoms with Gasteiger partial charge in [-0.1, -0.05) is 61.4 Å². The third-order valence-corrected chi connectivity index (χ3v) is 5.97. The molecular weight excluding hydrogens is 333 g/mol. The predicted molar refractivity (Wildman–Crippen MR) is 102 cm³/mol. The lowest BCUT2D eigenvalue weighted by molar-refractivity contribution is -0.126. The largest absolute Gasteiger partial charge is 0.355 e. The average Bonchev–Trinajstić information content (AvgIpc) is 3.15. The van der Waals surface area contributed by atoms with Gasteiger partial charge in [-0.15, -0.1) is 0 Å². The molecule has 0 saturated heterocycles. The van der Waals surface area contributed by atoms with Crippen molar-refractivity contribution in [3.8, 4) is 0 Å². The van der Waals surface area contributed by atoms with Crippen molar-refractivity contribution >= 4 is 17.7 Å². The van der Waals surface area contributed by atoms with Gasteiger partial charge in [0.1, 0.15) is 5.82 Å². The second-order valence-electron chi connectivity index (χ2n) is 6.56. The number of hydrogen-bond acceptors (Lipinski definition) is 2. The topological polar surface area (TPSA) is 29.1 Å². The zero-order chi connectivity index (χ0) is 17.5. The highest BCUT2D eigenvalue weighted by Crippen LogP contribution is 2.41. The summed E-state index contributed by atoms with van der Waals surface area (Å²) >= 11 is 1.65. The molecule has 2 nitrogen and oxygen atoms in total. The second-order valence-corrected chi connectivity index (χ2v) is 7.66. The molecule has 25 heavy (non-hydrogen) atoms. The SMILES string of the molecule is O=C(NCCSCc1ccccc1F)C1(c2ccccc2)CCCC1. The van der Waals surface area contributed by atoms with Gasteiger partial charge in [-0.25, -0.2) is 4.39 Å². The third-order valence-electron chi connectivity index (χ3n) is 4.97. The van der Waals surface area contributed by atoms with Gasteiger partial charge in [-0.05, 0) is 30.0 Å². The van der Waals surface area contributed by atoms with Crippen LogP contribution in [-0.2, 0) is 16.0 Å². The molecule has 4 heteroatoms. The summed E-state index contributed by atoms with van der Waals surface area (Å²) in [5.74, 6) is 1.40. The number of rotatable bonds is 7. The average molecular weight is 357 g/mol. The minimum absolute atomic E-state index is 0.141. The van der Waals surface area contributed by atoms with E-state index in [2.05, 4.69) is 17.4 Å². The monoisotopic (exact) mass is 357 g/mol. The number of carbonyl (C=O) groups excluding carboxylic acids is 1. The van der Waals surface area contributed by atoms with Crippen LogP contribution in [0.1, 0.15) is 36.8 Å². The van der Waals surface area contributed by atoms with Crippen LogP contribution in [0.4, 0.5) is 4.39 Å². The number of hydrogen-bond donors (Lipinski definition) is 1. The fourth-order valence-electron chi connectivity index (χ4n) is 3.59. The highest BCUT2D eigenvalue weighted by molar-refractivity contribution is 7.98. The Labute approximate surface area is 153 Å². The summed E-state index contributed by atoms with van der Waals surface area (Å²) in [5.41, 5.74) is 1.48. The summed E-state index contributed by atoms with van der Waals surface area (Å²) in [6, 6.07) is 17.0. The number of thioether (sulfide) groups is 1. The van der Waals surface area contributed by atoms with Crippen LogP contribution in [-0.4, -0.2) is 18.2 Å². The molecule has 1 aliphatic rings. The molecule has 2 aromatic rings. The standard InChI is InChI=1S/C21H24FNOS/c22-19-11-5-4-8-17(19)16-25-15-14-23-20(24)21(12-6-7-13-21)18-9-2-1-3-10-18/h1-5,8-11H,6-7,12-16H2,(H,23,24). The Kier molecular flexibility index (Phi) is 6.14. The van der Waals surface area contributed by atoms with Gasteiger partial charge in [-0.3, -0.25) is 4.79 Å². The van der Waals surface area contributed by atoms with Crippen molar-refractivity contribution in [2.24, 2.45) is 0 Å². The van der Waals surface area contributed by atoms with Crippen LogP contribution in [0.15, 0.2) is 54.6 Å². The van der Waals surface area contributed by atoms with Crippen molar-refractivity contribution in [2.45, 2.75) is 36.9 Å². The minimum Gasteiger partial charge on any atom is -0.355 e. The Morgan fingerprint density at radius 2 is 1.72 bits per heavy atom. The number of benzene rings is 2. The number of halogens is 1. The lowest BCUT2D eigenvalue weighted by Gasteiger charge is -2.28. The molecule has 0 spiro atoms. The summed E-state index contributed by atoms with van der Waals surface area (Å²) < 4.78 is 13.6. The van der Waals surface area contributed by atoms with E-state index in [1.165, 1.54) is 6.07 Å². The van der Waals surface area contributed by atoms with Crippen molar-refractivity contribution in [1.82, 2.24) is 5.32 Å². The van der Waals surface area contributed by atoms with E-state index in [0.29, 0.717) is 12.3 Å². The Balaban J connectivity index is 1.50. The first-order chi connectivity index (χ1) is 12.2. The quantitative estimate of drug-likeness (QED) is 0.729. The van der Waals surface area contributed by atoms with E-state index in [1.54, 1.807) is 17.8 Å². The van der Waals surface area contributed by atoms with Gasteiger partial charge in [0, 0.05) is 18.1 Å². The van der Waals surface area contributed by atoms with Crippen LogP contribution < -0.4 is 5.32 Å². The molecule has 0 aromatic heterocycles. The molecule has 132 valence electrons. The second kappa shape index (κ2) is 8.52. The van der Waals surface area contributed by atoms with E-state index in [-0.39, 0.29) is 17.1 Å². The van der Waals surface area contributed by atoms with Gasteiger partial charge in [0.2, 0.25) is 5.91 Å². The zero-order valence-corrected chi connectivity index (χ0v) is 15.2. The van der Waals surface area contributed by atoms with Crippen LogP contribution in [0.5, 0.6) is 0 Å². The molecule has 0 atom stereocenters. The normalized spacial score (nSPS) is 15.9. The van der Waals surface area contributed by atoms with E-state index >= 15 is 0 Å². The van der Waals surface area contributed by atoms with E-state index in [9.17, 15) is 9.18 Å². The van der Waals surface area contributed by atoms with E-state index in [1.807, 2.05) is 30.3 Å². The molecule has 1 amide bonds. The van der Waals surface area contributed by atoms with Gasteiger partial charge < -0.3 is 5.32 Å². The van der Waals surface area contributed by atoms with Crippen molar-refractivity contribution in [3.05, 3.63) is 71.5 Å². The van der Waals surface area contributed by atoms with Crippen LogP contribution in [0.25, 0.3) is 0 Å². The maximum absolute atomic E-state index is 13.6.